The summed E-state index contributed by atoms with van der Waals surface area (Å²) in [5, 5.41) is 8.05. The number of nitrogens with zero attached hydrogens (tertiary/aromatic N) is 1. The van der Waals surface area contributed by atoms with Crippen LogP contribution in [-0.4, -0.2) is 36.6 Å². The lowest BCUT2D eigenvalue weighted by Gasteiger charge is -2.30. The third kappa shape index (κ3) is 3.97. The second-order valence-corrected chi connectivity index (χ2v) is 7.58. The summed E-state index contributed by atoms with van der Waals surface area (Å²) in [5.41, 5.74) is 1.44. The largest absolute Gasteiger partial charge is 0.354 e. The van der Waals surface area contributed by atoms with Gasteiger partial charge in [-0.1, -0.05) is 36.8 Å². The summed E-state index contributed by atoms with van der Waals surface area (Å²) in [6, 6.07) is 11.9. The maximum atomic E-state index is 4.43. The number of guanidine groups is 1. The van der Waals surface area contributed by atoms with E-state index in [1.54, 1.807) is 0 Å². The number of hydrogen-bond donors (Lipinski definition) is 2. The molecule has 0 saturated heterocycles. The number of nitrogens with one attached hydrogen (secondary N) is 2. The molecule has 0 aliphatic heterocycles. The lowest BCUT2D eigenvalue weighted by atomic mass is 9.95. The summed E-state index contributed by atoms with van der Waals surface area (Å²) >= 11 is 2.01. The lowest BCUT2D eigenvalue weighted by molar-refractivity contribution is 0.419. The van der Waals surface area contributed by atoms with Gasteiger partial charge in [-0.25, -0.2) is 0 Å². The van der Waals surface area contributed by atoms with Gasteiger partial charge in [0.2, 0.25) is 0 Å². The maximum absolute atomic E-state index is 4.43. The van der Waals surface area contributed by atoms with Crippen molar-refractivity contribution in [3.63, 3.8) is 0 Å². The van der Waals surface area contributed by atoms with Crippen LogP contribution in [-0.2, 0) is 0 Å². The molecule has 3 rings (SSSR count). The number of rotatable bonds is 4. The minimum atomic E-state index is 0.536. The topological polar surface area (TPSA) is 36.4 Å². The zero-order chi connectivity index (χ0) is 15.4. The Morgan fingerprint density at radius 2 is 1.95 bits per heavy atom. The first-order valence-electron chi connectivity index (χ1n) is 8.37. The first-order valence-corrected chi connectivity index (χ1v) is 9.66. The normalized spacial score (nSPS) is 31.6. The van der Waals surface area contributed by atoms with Crippen molar-refractivity contribution in [2.24, 2.45) is 4.99 Å². The number of aliphatic imine (C=N–C) groups is 1. The summed E-state index contributed by atoms with van der Waals surface area (Å²) in [4.78, 5) is 4.43. The molecule has 0 spiro atoms. The van der Waals surface area contributed by atoms with E-state index in [0.717, 1.165) is 11.2 Å². The van der Waals surface area contributed by atoms with Crippen molar-refractivity contribution in [1.82, 2.24) is 10.6 Å². The van der Waals surface area contributed by atoms with Crippen molar-refractivity contribution in [2.75, 3.05) is 13.3 Å². The Morgan fingerprint density at radius 3 is 2.68 bits per heavy atom. The van der Waals surface area contributed by atoms with Gasteiger partial charge >= 0.3 is 0 Å². The fraction of sp³-hybridized carbons (Fsp3) is 0.611. The van der Waals surface area contributed by atoms with Gasteiger partial charge in [-0.3, -0.25) is 4.99 Å². The highest BCUT2D eigenvalue weighted by Gasteiger charge is 2.39. The van der Waals surface area contributed by atoms with E-state index >= 15 is 0 Å². The zero-order valence-electron chi connectivity index (χ0n) is 13.6. The molecule has 2 fully saturated rings. The van der Waals surface area contributed by atoms with Crippen LogP contribution in [0.5, 0.6) is 0 Å². The minimum absolute atomic E-state index is 0.536. The Labute approximate surface area is 138 Å². The molecule has 3 nitrogen and oxygen atoms in total. The molecule has 0 amide bonds. The zero-order valence-corrected chi connectivity index (χ0v) is 14.4. The molecule has 2 aliphatic carbocycles. The lowest BCUT2D eigenvalue weighted by Crippen LogP contribution is -2.46. The first-order chi connectivity index (χ1) is 10.8. The molecule has 4 atom stereocenters. The number of thioether (sulfide) groups is 1. The van der Waals surface area contributed by atoms with Gasteiger partial charge in [-0.2, -0.15) is 11.8 Å². The molecule has 0 heterocycles. The summed E-state index contributed by atoms with van der Waals surface area (Å²) in [5.74, 6) is 1.63. The summed E-state index contributed by atoms with van der Waals surface area (Å²) in [6.45, 7) is 0. The van der Waals surface area contributed by atoms with Crippen molar-refractivity contribution in [2.45, 2.75) is 55.4 Å². The van der Waals surface area contributed by atoms with Gasteiger partial charge in [-0.15, -0.1) is 0 Å². The molecule has 1 aromatic rings. The quantitative estimate of drug-likeness (QED) is 0.660. The van der Waals surface area contributed by atoms with E-state index in [2.05, 4.69) is 52.2 Å². The van der Waals surface area contributed by atoms with E-state index in [0.29, 0.717) is 18.0 Å². The minimum Gasteiger partial charge on any atom is -0.354 e. The highest BCUT2D eigenvalue weighted by molar-refractivity contribution is 7.99. The smallest absolute Gasteiger partial charge is 0.191 e. The van der Waals surface area contributed by atoms with Crippen molar-refractivity contribution in [1.29, 1.82) is 0 Å². The highest BCUT2D eigenvalue weighted by atomic mass is 32.2. The predicted octanol–water partition coefficient (Wildman–Crippen LogP) is 3.38. The molecule has 2 aliphatic rings. The average molecular weight is 318 g/mol. The molecule has 4 unspecified atom stereocenters. The van der Waals surface area contributed by atoms with Gasteiger partial charge < -0.3 is 10.6 Å². The first kappa shape index (κ1) is 15.7. The van der Waals surface area contributed by atoms with Gasteiger partial charge in [0.25, 0.3) is 0 Å². The molecule has 0 aromatic heterocycles. The Bertz CT molecular complexity index is 502. The Hall–Kier alpha value is -1.16. The van der Waals surface area contributed by atoms with Crippen LogP contribution in [0.25, 0.3) is 0 Å². The van der Waals surface area contributed by atoms with Gasteiger partial charge in [0.05, 0.1) is 0 Å². The van der Waals surface area contributed by atoms with Crippen LogP contribution < -0.4 is 10.6 Å². The molecule has 2 N–H and O–H groups in total. The van der Waals surface area contributed by atoms with Crippen LogP contribution in [0.4, 0.5) is 0 Å². The third-order valence-corrected chi connectivity index (χ3v) is 5.96. The number of hydrogen-bond acceptors (Lipinski definition) is 2. The molecule has 1 aromatic carbocycles. The van der Waals surface area contributed by atoms with Crippen LogP contribution in [0.3, 0.4) is 0 Å². The Morgan fingerprint density at radius 1 is 1.14 bits per heavy atom. The molecular formula is C18H27N3S. The summed E-state index contributed by atoms with van der Waals surface area (Å²) in [7, 11) is 1.88. The summed E-state index contributed by atoms with van der Waals surface area (Å²) in [6.07, 6.45) is 8.66. The third-order valence-electron chi connectivity index (χ3n) is 4.86. The molecule has 22 heavy (non-hydrogen) atoms. The van der Waals surface area contributed by atoms with Gasteiger partial charge in [0.15, 0.2) is 5.96 Å². The maximum Gasteiger partial charge on any atom is 0.191 e. The van der Waals surface area contributed by atoms with E-state index in [4.69, 9.17) is 0 Å². The van der Waals surface area contributed by atoms with E-state index in [1.165, 1.54) is 37.7 Å². The predicted molar refractivity (Wildman–Crippen MR) is 96.8 cm³/mol. The average Bonchev–Trinajstić information content (AvgIpc) is 3.34. The van der Waals surface area contributed by atoms with E-state index < -0.39 is 0 Å². The Kier molecular flexibility index (Phi) is 5.29. The molecule has 4 heteroatoms. The van der Waals surface area contributed by atoms with Crippen molar-refractivity contribution in [3.8, 4) is 0 Å². The molecule has 2 saturated carbocycles. The second-order valence-electron chi connectivity index (χ2n) is 6.44. The SMILES string of the molecule is CN=C(NC1CCCC(SC)C1)NC1CC1c1ccccc1. The van der Waals surface area contributed by atoms with Crippen LogP contribution in [0.2, 0.25) is 0 Å². The summed E-state index contributed by atoms with van der Waals surface area (Å²) < 4.78 is 0. The standard InChI is InChI=1S/C18H27N3S/c1-19-18(20-14-9-6-10-15(11-14)22-2)21-17-12-16(17)13-7-4-3-5-8-13/h3-5,7-8,14-17H,6,9-12H2,1-2H3,(H2,19,20,21). The van der Waals surface area contributed by atoms with Crippen LogP contribution in [0, 0.1) is 0 Å². The Balaban J connectivity index is 1.49. The van der Waals surface area contributed by atoms with Crippen LogP contribution in [0.15, 0.2) is 35.3 Å². The van der Waals surface area contributed by atoms with Crippen molar-refractivity contribution >= 4 is 17.7 Å². The highest BCUT2D eigenvalue weighted by Crippen LogP contribution is 2.40. The fourth-order valence-corrected chi connectivity index (χ4v) is 4.28. The van der Waals surface area contributed by atoms with Crippen molar-refractivity contribution in [3.05, 3.63) is 35.9 Å². The van der Waals surface area contributed by atoms with Gasteiger partial charge in [0, 0.05) is 30.3 Å². The van der Waals surface area contributed by atoms with E-state index in [-0.39, 0.29) is 0 Å². The van der Waals surface area contributed by atoms with Crippen LogP contribution in [0.1, 0.15) is 43.6 Å². The van der Waals surface area contributed by atoms with Crippen LogP contribution >= 0.6 is 11.8 Å². The van der Waals surface area contributed by atoms with Crippen molar-refractivity contribution < 1.29 is 0 Å². The fourth-order valence-electron chi connectivity index (χ4n) is 3.45. The molecular weight excluding hydrogens is 290 g/mol. The molecule has 0 radical (unpaired) electrons. The monoisotopic (exact) mass is 317 g/mol. The van der Waals surface area contributed by atoms with E-state index in [9.17, 15) is 0 Å². The molecule has 0 bridgehead atoms. The molecule has 120 valence electrons. The second kappa shape index (κ2) is 7.40. The number of benzene rings is 1. The van der Waals surface area contributed by atoms with Gasteiger partial charge in [-0.05, 0) is 37.5 Å². The van der Waals surface area contributed by atoms with Gasteiger partial charge in [0.1, 0.15) is 0 Å². The van der Waals surface area contributed by atoms with E-state index in [1.807, 2.05) is 18.8 Å².